The fourth-order valence-corrected chi connectivity index (χ4v) is 3.21. The molecule has 25 heavy (non-hydrogen) atoms. The zero-order valence-electron chi connectivity index (χ0n) is 14.6. The van der Waals surface area contributed by atoms with E-state index < -0.39 is 0 Å². The molecular formula is C22H22N2O. The van der Waals surface area contributed by atoms with Gasteiger partial charge in [-0.25, -0.2) is 0 Å². The molecule has 1 heterocycles. The summed E-state index contributed by atoms with van der Waals surface area (Å²) in [7, 11) is 0. The Balaban J connectivity index is 2.02. The van der Waals surface area contributed by atoms with Crippen LogP contribution >= 0.6 is 0 Å². The zero-order valence-corrected chi connectivity index (χ0v) is 14.6. The van der Waals surface area contributed by atoms with Crippen molar-refractivity contribution in [2.24, 2.45) is 5.16 Å². The van der Waals surface area contributed by atoms with E-state index in [1.807, 2.05) is 43.3 Å². The van der Waals surface area contributed by atoms with Crippen LogP contribution in [0.3, 0.4) is 0 Å². The van der Waals surface area contributed by atoms with Crippen molar-refractivity contribution in [3.05, 3.63) is 101 Å². The maximum Gasteiger partial charge on any atom is 0.0878 e. The van der Waals surface area contributed by atoms with Gasteiger partial charge in [0.1, 0.15) is 0 Å². The number of pyridine rings is 1. The lowest BCUT2D eigenvalue weighted by Crippen LogP contribution is -2.12. The number of rotatable bonds is 5. The molecule has 3 aromatic rings. The van der Waals surface area contributed by atoms with E-state index in [9.17, 15) is 5.21 Å². The Morgan fingerprint density at radius 3 is 2.40 bits per heavy atom. The Labute approximate surface area is 148 Å². The smallest absolute Gasteiger partial charge is 0.0878 e. The third kappa shape index (κ3) is 3.94. The van der Waals surface area contributed by atoms with Gasteiger partial charge in [-0.05, 0) is 42.7 Å². The van der Waals surface area contributed by atoms with Crippen molar-refractivity contribution < 1.29 is 5.21 Å². The van der Waals surface area contributed by atoms with E-state index in [4.69, 9.17) is 0 Å². The van der Waals surface area contributed by atoms with Gasteiger partial charge in [0.15, 0.2) is 0 Å². The molecule has 3 rings (SSSR count). The second kappa shape index (κ2) is 7.75. The molecule has 2 aromatic carbocycles. The van der Waals surface area contributed by atoms with Crippen LogP contribution in [0.25, 0.3) is 0 Å². The number of aromatic nitrogens is 1. The van der Waals surface area contributed by atoms with Crippen molar-refractivity contribution in [3.8, 4) is 0 Å². The largest absolute Gasteiger partial charge is 0.411 e. The van der Waals surface area contributed by atoms with Crippen LogP contribution in [0.4, 0.5) is 0 Å². The highest BCUT2D eigenvalue weighted by molar-refractivity contribution is 6.00. The van der Waals surface area contributed by atoms with Gasteiger partial charge in [0.2, 0.25) is 0 Å². The van der Waals surface area contributed by atoms with Crippen LogP contribution < -0.4 is 0 Å². The molecule has 0 aliphatic rings. The Kier molecular flexibility index (Phi) is 5.24. The maximum atomic E-state index is 9.65. The first-order valence-electron chi connectivity index (χ1n) is 8.43. The van der Waals surface area contributed by atoms with Crippen LogP contribution in [-0.4, -0.2) is 15.9 Å². The van der Waals surface area contributed by atoms with Crippen molar-refractivity contribution in [2.75, 3.05) is 0 Å². The summed E-state index contributed by atoms with van der Waals surface area (Å²) in [5, 5.41) is 13.3. The van der Waals surface area contributed by atoms with Crippen molar-refractivity contribution >= 4 is 5.71 Å². The molecule has 0 amide bonds. The van der Waals surface area contributed by atoms with Crippen molar-refractivity contribution in [1.29, 1.82) is 0 Å². The maximum absolute atomic E-state index is 9.65. The van der Waals surface area contributed by atoms with Gasteiger partial charge < -0.3 is 5.21 Å². The standard InChI is InChI=1S/C22H22N2O/c1-16-8-6-7-11-20(16)21(18-9-4-3-5-10-18)15-22(24-25)19-12-13-23-17(2)14-19/h3-14,21,25H,15H2,1-2H3. The van der Waals surface area contributed by atoms with Gasteiger partial charge in [-0.15, -0.1) is 0 Å². The first kappa shape index (κ1) is 16.9. The third-order valence-electron chi connectivity index (χ3n) is 4.51. The summed E-state index contributed by atoms with van der Waals surface area (Å²) in [6.45, 7) is 4.06. The summed E-state index contributed by atoms with van der Waals surface area (Å²) in [4.78, 5) is 4.23. The first-order valence-corrected chi connectivity index (χ1v) is 8.43. The van der Waals surface area contributed by atoms with Gasteiger partial charge in [-0.2, -0.15) is 0 Å². The van der Waals surface area contributed by atoms with Crippen LogP contribution in [0.2, 0.25) is 0 Å². The molecule has 3 heteroatoms. The van der Waals surface area contributed by atoms with Gasteiger partial charge in [-0.3, -0.25) is 4.98 Å². The van der Waals surface area contributed by atoms with E-state index in [0.29, 0.717) is 12.1 Å². The van der Waals surface area contributed by atoms with E-state index in [2.05, 4.69) is 47.4 Å². The lowest BCUT2D eigenvalue weighted by atomic mass is 9.83. The number of aryl methyl sites for hydroxylation is 2. The molecule has 1 atom stereocenters. The fraction of sp³-hybridized carbons (Fsp3) is 0.182. The normalized spacial score (nSPS) is 12.8. The molecular weight excluding hydrogens is 308 g/mol. The molecule has 0 bridgehead atoms. The molecule has 0 aliphatic heterocycles. The fourth-order valence-electron chi connectivity index (χ4n) is 3.21. The SMILES string of the molecule is Cc1cc(C(CC(c2ccccc2)c2ccccc2C)=NO)ccn1. The number of hydrogen-bond acceptors (Lipinski definition) is 3. The molecule has 0 spiro atoms. The topological polar surface area (TPSA) is 45.5 Å². The minimum absolute atomic E-state index is 0.127. The van der Waals surface area contributed by atoms with Gasteiger partial charge in [-0.1, -0.05) is 59.8 Å². The number of oxime groups is 1. The highest BCUT2D eigenvalue weighted by Crippen LogP contribution is 2.31. The van der Waals surface area contributed by atoms with E-state index in [0.717, 1.165) is 11.3 Å². The molecule has 126 valence electrons. The second-order valence-electron chi connectivity index (χ2n) is 6.26. The Bertz CT molecular complexity index is 872. The summed E-state index contributed by atoms with van der Waals surface area (Å²) >= 11 is 0. The first-order chi connectivity index (χ1) is 12.2. The molecule has 0 radical (unpaired) electrons. The van der Waals surface area contributed by atoms with E-state index >= 15 is 0 Å². The average Bonchev–Trinajstić information content (AvgIpc) is 2.64. The monoisotopic (exact) mass is 330 g/mol. The molecule has 1 N–H and O–H groups in total. The molecule has 0 fully saturated rings. The van der Waals surface area contributed by atoms with Crippen LogP contribution in [-0.2, 0) is 0 Å². The number of nitrogens with zero attached hydrogens (tertiary/aromatic N) is 2. The minimum Gasteiger partial charge on any atom is -0.411 e. The van der Waals surface area contributed by atoms with Gasteiger partial charge in [0.05, 0.1) is 5.71 Å². The average molecular weight is 330 g/mol. The van der Waals surface area contributed by atoms with Crippen LogP contribution in [0.15, 0.2) is 78.1 Å². The molecule has 3 nitrogen and oxygen atoms in total. The highest BCUT2D eigenvalue weighted by Gasteiger charge is 2.20. The highest BCUT2D eigenvalue weighted by atomic mass is 16.4. The minimum atomic E-state index is 0.127. The quantitative estimate of drug-likeness (QED) is 0.402. The molecule has 1 unspecified atom stereocenters. The summed E-state index contributed by atoms with van der Waals surface area (Å²) in [5.74, 6) is 0.127. The van der Waals surface area contributed by atoms with Crippen LogP contribution in [0, 0.1) is 13.8 Å². The van der Waals surface area contributed by atoms with Gasteiger partial charge in [0, 0.05) is 29.8 Å². The second-order valence-corrected chi connectivity index (χ2v) is 6.26. The van der Waals surface area contributed by atoms with E-state index in [-0.39, 0.29) is 5.92 Å². The van der Waals surface area contributed by atoms with E-state index in [1.165, 1.54) is 16.7 Å². The van der Waals surface area contributed by atoms with Crippen molar-refractivity contribution in [1.82, 2.24) is 4.98 Å². The molecule has 0 saturated carbocycles. The summed E-state index contributed by atoms with van der Waals surface area (Å²) in [5.41, 5.74) is 6.18. The Morgan fingerprint density at radius 2 is 1.72 bits per heavy atom. The summed E-state index contributed by atoms with van der Waals surface area (Å²) in [6.07, 6.45) is 2.37. The number of benzene rings is 2. The van der Waals surface area contributed by atoms with Crippen LogP contribution in [0.1, 0.15) is 40.3 Å². The molecule has 1 aromatic heterocycles. The lowest BCUT2D eigenvalue weighted by molar-refractivity contribution is 0.317. The van der Waals surface area contributed by atoms with Gasteiger partial charge in [0.25, 0.3) is 0 Å². The van der Waals surface area contributed by atoms with Crippen molar-refractivity contribution in [2.45, 2.75) is 26.2 Å². The van der Waals surface area contributed by atoms with Gasteiger partial charge >= 0.3 is 0 Å². The predicted molar refractivity (Wildman–Crippen MR) is 101 cm³/mol. The Morgan fingerprint density at radius 1 is 1.00 bits per heavy atom. The zero-order chi connectivity index (χ0) is 17.6. The lowest BCUT2D eigenvalue weighted by Gasteiger charge is -2.21. The van der Waals surface area contributed by atoms with Crippen molar-refractivity contribution in [3.63, 3.8) is 0 Å². The predicted octanol–water partition coefficient (Wildman–Crippen LogP) is 5.10. The van der Waals surface area contributed by atoms with E-state index in [1.54, 1.807) is 6.20 Å². The summed E-state index contributed by atoms with van der Waals surface area (Å²) in [6, 6.07) is 22.6. The Hall–Kier alpha value is -2.94. The molecule has 0 saturated heterocycles. The molecule has 0 aliphatic carbocycles. The van der Waals surface area contributed by atoms with Crippen LogP contribution in [0.5, 0.6) is 0 Å². The third-order valence-corrected chi connectivity index (χ3v) is 4.51. The number of hydrogen-bond donors (Lipinski definition) is 1. The summed E-state index contributed by atoms with van der Waals surface area (Å²) < 4.78 is 0.